The van der Waals surface area contributed by atoms with Gasteiger partial charge in [-0.1, -0.05) is 12.7 Å². The van der Waals surface area contributed by atoms with Crippen LogP contribution in [-0.2, 0) is 0 Å². The average Bonchev–Trinajstić information content (AvgIpc) is 1.38. The summed E-state index contributed by atoms with van der Waals surface area (Å²) in [6, 6.07) is 0. The van der Waals surface area contributed by atoms with Crippen LogP contribution in [0.25, 0.3) is 0 Å². The van der Waals surface area contributed by atoms with E-state index in [1.165, 1.54) is 0 Å². The zero-order valence-corrected chi connectivity index (χ0v) is 3.31. The van der Waals surface area contributed by atoms with Gasteiger partial charge in [0.1, 0.15) is 0 Å². The molecule has 0 aromatic carbocycles. The Morgan fingerprint density at radius 3 is 2.20 bits per heavy atom. The predicted molar refractivity (Wildman–Crippen MR) is 22.3 cm³/mol. The minimum absolute atomic E-state index is 0.0602. The van der Waals surface area contributed by atoms with Crippen molar-refractivity contribution in [2.75, 3.05) is 6.61 Å². The van der Waals surface area contributed by atoms with Gasteiger partial charge >= 0.3 is 0 Å². The van der Waals surface area contributed by atoms with E-state index in [9.17, 15) is 0 Å². The molecule has 0 aliphatic rings. The quantitative estimate of drug-likeness (QED) is 0.429. The first kappa shape index (κ1) is 5.02. The summed E-state index contributed by atoms with van der Waals surface area (Å²) in [5.41, 5.74) is 0. The Labute approximate surface area is 33.4 Å². The highest BCUT2D eigenvalue weighted by Crippen LogP contribution is 1.87. The van der Waals surface area contributed by atoms with E-state index in [1.807, 2.05) is 0 Å². The highest BCUT2D eigenvalue weighted by molar-refractivity contribution is 6.11. The number of hydrogen-bond acceptors (Lipinski definition) is 1. The maximum absolute atomic E-state index is 8.02. The van der Waals surface area contributed by atoms with Crippen molar-refractivity contribution in [1.82, 2.24) is 0 Å². The van der Waals surface area contributed by atoms with Crippen LogP contribution in [-0.4, -0.2) is 19.6 Å². The van der Waals surface area contributed by atoms with Gasteiger partial charge in [0.05, 0.1) is 7.85 Å². The molecule has 0 heterocycles. The van der Waals surface area contributed by atoms with E-state index in [4.69, 9.17) is 13.0 Å². The van der Waals surface area contributed by atoms with Crippen LogP contribution < -0.4 is 0 Å². The first-order chi connectivity index (χ1) is 2.27. The molecule has 1 atom stereocenters. The smallest absolute Gasteiger partial charge is 0.0726 e. The van der Waals surface area contributed by atoms with Crippen LogP contribution in [0.1, 0.15) is 6.92 Å². The average molecular weight is 69.9 g/mol. The van der Waals surface area contributed by atoms with Crippen molar-refractivity contribution in [3.05, 3.63) is 0 Å². The summed E-state index contributed by atoms with van der Waals surface area (Å²) in [5.74, 6) is -0.0602. The molecule has 2 heteroatoms. The molecule has 0 aliphatic heterocycles. The number of aliphatic hydroxyl groups is 1. The molecule has 0 saturated heterocycles. The van der Waals surface area contributed by atoms with Gasteiger partial charge in [-0.05, 0) is 0 Å². The Hall–Kier alpha value is 0.0249. The molecule has 0 spiro atoms. The van der Waals surface area contributed by atoms with Crippen molar-refractivity contribution in [2.45, 2.75) is 12.7 Å². The van der Waals surface area contributed by atoms with Gasteiger partial charge in [0, 0.05) is 6.61 Å². The van der Waals surface area contributed by atoms with Gasteiger partial charge < -0.3 is 5.11 Å². The van der Waals surface area contributed by atoms with E-state index in [-0.39, 0.29) is 12.4 Å². The third kappa shape index (κ3) is 4.02. The van der Waals surface area contributed by atoms with Crippen LogP contribution in [0.5, 0.6) is 0 Å². The maximum Gasteiger partial charge on any atom is 0.0726 e. The van der Waals surface area contributed by atoms with Crippen LogP contribution in [0.2, 0.25) is 5.82 Å². The topological polar surface area (TPSA) is 20.2 Å². The highest BCUT2D eigenvalue weighted by Gasteiger charge is 1.81. The highest BCUT2D eigenvalue weighted by atomic mass is 16.3. The molecule has 5 heavy (non-hydrogen) atoms. The summed E-state index contributed by atoms with van der Waals surface area (Å²) < 4.78 is 0. The van der Waals surface area contributed by atoms with Crippen molar-refractivity contribution < 1.29 is 5.11 Å². The molecule has 0 aromatic heterocycles. The second kappa shape index (κ2) is 2.27. The van der Waals surface area contributed by atoms with Crippen molar-refractivity contribution in [3.63, 3.8) is 0 Å². The molecule has 28 valence electrons. The van der Waals surface area contributed by atoms with Crippen LogP contribution in [0, 0.1) is 0 Å². The van der Waals surface area contributed by atoms with Gasteiger partial charge in [-0.3, -0.25) is 0 Å². The normalized spacial score (nSPS) is 14.8. The van der Waals surface area contributed by atoms with Crippen molar-refractivity contribution >= 4 is 7.85 Å². The van der Waals surface area contributed by atoms with Gasteiger partial charge in [-0.25, -0.2) is 0 Å². The van der Waals surface area contributed by atoms with Crippen LogP contribution in [0.15, 0.2) is 0 Å². The summed E-state index contributed by atoms with van der Waals surface area (Å²) in [7, 11) is 5.04. The second-order valence-corrected chi connectivity index (χ2v) is 1.16. The lowest BCUT2D eigenvalue weighted by Gasteiger charge is -1.90. The van der Waals surface area contributed by atoms with Crippen LogP contribution >= 0.6 is 0 Å². The van der Waals surface area contributed by atoms with Crippen molar-refractivity contribution in [1.29, 1.82) is 0 Å². The molecule has 2 radical (unpaired) electrons. The van der Waals surface area contributed by atoms with Gasteiger partial charge in [0.15, 0.2) is 0 Å². The molecule has 0 unspecified atom stereocenters. The summed E-state index contributed by atoms with van der Waals surface area (Å²) in [4.78, 5) is 0. The lowest BCUT2D eigenvalue weighted by atomic mass is 9.91. The first-order valence-corrected chi connectivity index (χ1v) is 1.64. The molecule has 0 bridgehead atoms. The van der Waals surface area contributed by atoms with Gasteiger partial charge in [-0.15, -0.1) is 0 Å². The van der Waals surface area contributed by atoms with Gasteiger partial charge in [-0.2, -0.15) is 0 Å². The van der Waals surface area contributed by atoms with E-state index in [2.05, 4.69) is 0 Å². The lowest BCUT2D eigenvalue weighted by Crippen LogP contribution is -1.89. The fourth-order valence-electron chi connectivity index (χ4n) is 0. The zero-order valence-electron chi connectivity index (χ0n) is 3.31. The van der Waals surface area contributed by atoms with Gasteiger partial charge in [0.2, 0.25) is 0 Å². The fourth-order valence-corrected chi connectivity index (χ4v) is 0. The molecule has 1 nitrogen and oxygen atoms in total. The molecule has 0 rings (SSSR count). The predicted octanol–water partition coefficient (Wildman–Crippen LogP) is -0.0444. The molecular weight excluding hydrogens is 62.8 g/mol. The van der Waals surface area contributed by atoms with E-state index in [0.29, 0.717) is 0 Å². The lowest BCUT2D eigenvalue weighted by molar-refractivity contribution is 0.295. The molecule has 0 aromatic rings. The van der Waals surface area contributed by atoms with E-state index in [0.717, 1.165) is 0 Å². The Morgan fingerprint density at radius 1 is 2.00 bits per heavy atom. The van der Waals surface area contributed by atoms with Gasteiger partial charge in [0.25, 0.3) is 0 Å². The Bertz CT molecular complexity index is 20.9. The van der Waals surface area contributed by atoms with E-state index in [1.54, 1.807) is 6.92 Å². The monoisotopic (exact) mass is 70.1 g/mol. The number of aliphatic hydroxyl groups excluding tert-OH is 1. The maximum atomic E-state index is 8.02. The Balaban J connectivity index is 2.54. The third-order valence-corrected chi connectivity index (χ3v) is 0.288. The molecule has 0 aliphatic carbocycles. The van der Waals surface area contributed by atoms with Crippen LogP contribution in [0.4, 0.5) is 0 Å². The molecule has 0 amide bonds. The van der Waals surface area contributed by atoms with Crippen molar-refractivity contribution in [2.24, 2.45) is 0 Å². The summed E-state index contributed by atoms with van der Waals surface area (Å²) in [6.45, 7) is 1.83. The first-order valence-electron chi connectivity index (χ1n) is 1.64. The summed E-state index contributed by atoms with van der Waals surface area (Å²) >= 11 is 0. The molecule has 0 saturated carbocycles. The molecule has 1 N–H and O–H groups in total. The largest absolute Gasteiger partial charge is 0.397 e. The number of rotatable bonds is 1. The SMILES string of the molecule is [B][C@H](C)CO. The minimum Gasteiger partial charge on any atom is -0.397 e. The third-order valence-electron chi connectivity index (χ3n) is 0.288. The minimum atomic E-state index is -0.0602. The van der Waals surface area contributed by atoms with Crippen LogP contribution in [0.3, 0.4) is 0 Å². The summed E-state index contributed by atoms with van der Waals surface area (Å²) in [6.07, 6.45) is 0. The summed E-state index contributed by atoms with van der Waals surface area (Å²) in [5, 5.41) is 8.02. The Morgan fingerprint density at radius 2 is 2.20 bits per heavy atom. The fraction of sp³-hybridized carbons (Fsp3) is 1.00. The number of hydrogen-bond donors (Lipinski definition) is 1. The zero-order chi connectivity index (χ0) is 4.28. The van der Waals surface area contributed by atoms with Crippen molar-refractivity contribution in [3.8, 4) is 0 Å². The standard InChI is InChI=1S/C3H7BO/c1-3(4)2-5/h3,5H,2H2,1H3/t3-/m1/s1. The molecule has 0 fully saturated rings. The van der Waals surface area contributed by atoms with E-state index >= 15 is 0 Å². The van der Waals surface area contributed by atoms with E-state index < -0.39 is 0 Å². The molecular formula is C3H7BO. The Kier molecular flexibility index (Phi) is 2.28. The second-order valence-electron chi connectivity index (χ2n) is 1.16.